The van der Waals surface area contributed by atoms with Crippen molar-refractivity contribution in [3.63, 3.8) is 0 Å². The van der Waals surface area contributed by atoms with Crippen LogP contribution in [0.25, 0.3) is 0 Å². The minimum atomic E-state index is -0.539. The van der Waals surface area contributed by atoms with Gasteiger partial charge in [-0.3, -0.25) is 10.1 Å². The second kappa shape index (κ2) is 5.74. The lowest BCUT2D eigenvalue weighted by molar-refractivity contribution is -0.384. The summed E-state index contributed by atoms with van der Waals surface area (Å²) in [5.74, 6) is 0.0273. The zero-order valence-electron chi connectivity index (χ0n) is 11.7. The molecule has 0 saturated heterocycles. The van der Waals surface area contributed by atoms with Gasteiger partial charge in [-0.2, -0.15) is 0 Å². The highest BCUT2D eigenvalue weighted by Gasteiger charge is 2.19. The lowest BCUT2D eigenvalue weighted by atomic mass is 10.1. The van der Waals surface area contributed by atoms with Crippen LogP contribution in [0.3, 0.4) is 0 Å². The monoisotopic (exact) mass is 290 g/mol. The Morgan fingerprint density at radius 3 is 2.67 bits per heavy atom. The number of halogens is 1. The third-order valence-electron chi connectivity index (χ3n) is 3.32. The van der Waals surface area contributed by atoms with Crippen molar-refractivity contribution in [1.29, 1.82) is 0 Å². The average molecular weight is 290 g/mol. The van der Waals surface area contributed by atoms with Crippen LogP contribution in [0.15, 0.2) is 36.4 Å². The van der Waals surface area contributed by atoms with E-state index in [1.165, 1.54) is 18.2 Å². The summed E-state index contributed by atoms with van der Waals surface area (Å²) in [4.78, 5) is 16.0. The number of benzene rings is 1. The van der Waals surface area contributed by atoms with Gasteiger partial charge in [0.2, 0.25) is 0 Å². The quantitative estimate of drug-likeness (QED) is 0.691. The van der Waals surface area contributed by atoms with Gasteiger partial charge in [-0.1, -0.05) is 18.2 Å². The smallest absolute Gasteiger partial charge is 0.276 e. The number of nitrogen functional groups attached to an aromatic ring is 1. The van der Waals surface area contributed by atoms with Crippen LogP contribution in [0, 0.1) is 15.9 Å². The number of hydrogen-bond acceptors (Lipinski definition) is 5. The van der Waals surface area contributed by atoms with E-state index in [1.807, 2.05) is 0 Å². The summed E-state index contributed by atoms with van der Waals surface area (Å²) in [6.45, 7) is 1.79. The molecule has 0 amide bonds. The highest BCUT2D eigenvalue weighted by Crippen LogP contribution is 2.28. The predicted molar refractivity (Wildman–Crippen MR) is 78.5 cm³/mol. The molecule has 0 saturated carbocycles. The van der Waals surface area contributed by atoms with Gasteiger partial charge < -0.3 is 10.6 Å². The minimum Gasteiger partial charge on any atom is -0.383 e. The second-order valence-electron chi connectivity index (χ2n) is 4.67. The molecular weight excluding hydrogens is 275 g/mol. The third kappa shape index (κ3) is 3.07. The first-order valence-electron chi connectivity index (χ1n) is 6.29. The molecule has 1 atom stereocenters. The molecule has 0 fully saturated rings. The molecule has 0 bridgehead atoms. The van der Waals surface area contributed by atoms with Crippen molar-refractivity contribution in [1.82, 2.24) is 4.98 Å². The van der Waals surface area contributed by atoms with E-state index in [9.17, 15) is 14.5 Å². The zero-order valence-corrected chi connectivity index (χ0v) is 11.7. The van der Waals surface area contributed by atoms with Crippen LogP contribution in [-0.2, 0) is 0 Å². The summed E-state index contributed by atoms with van der Waals surface area (Å²) in [6.07, 6.45) is 0. The molecule has 1 aromatic heterocycles. The largest absolute Gasteiger partial charge is 0.383 e. The molecule has 1 aromatic carbocycles. The van der Waals surface area contributed by atoms with Crippen molar-refractivity contribution >= 4 is 17.3 Å². The summed E-state index contributed by atoms with van der Waals surface area (Å²) < 4.78 is 13.8. The molecule has 7 heteroatoms. The molecule has 21 heavy (non-hydrogen) atoms. The van der Waals surface area contributed by atoms with E-state index in [4.69, 9.17) is 5.73 Å². The van der Waals surface area contributed by atoms with Gasteiger partial charge in [0.05, 0.1) is 23.1 Å². The Kier molecular flexibility index (Phi) is 4.02. The van der Waals surface area contributed by atoms with Gasteiger partial charge in [-0.15, -0.1) is 0 Å². The molecule has 2 N–H and O–H groups in total. The second-order valence-corrected chi connectivity index (χ2v) is 4.67. The third-order valence-corrected chi connectivity index (χ3v) is 3.32. The number of rotatable bonds is 4. The molecule has 0 spiro atoms. The van der Waals surface area contributed by atoms with Gasteiger partial charge in [0.1, 0.15) is 17.5 Å². The summed E-state index contributed by atoms with van der Waals surface area (Å²) in [5, 5.41) is 10.9. The fraction of sp³-hybridized carbons (Fsp3) is 0.214. The van der Waals surface area contributed by atoms with Gasteiger partial charge in [-0.05, 0) is 13.0 Å². The van der Waals surface area contributed by atoms with Crippen molar-refractivity contribution in [2.24, 2.45) is 0 Å². The Bertz CT molecular complexity index is 678. The van der Waals surface area contributed by atoms with E-state index >= 15 is 0 Å². The average Bonchev–Trinajstić information content (AvgIpc) is 2.45. The maximum Gasteiger partial charge on any atom is 0.276 e. The van der Waals surface area contributed by atoms with Gasteiger partial charge >= 0.3 is 0 Å². The first kappa shape index (κ1) is 14.7. The molecule has 0 aliphatic heterocycles. The van der Waals surface area contributed by atoms with Crippen molar-refractivity contribution in [2.75, 3.05) is 17.7 Å². The summed E-state index contributed by atoms with van der Waals surface area (Å²) in [6, 6.07) is 8.53. The number of aromatic nitrogens is 1. The van der Waals surface area contributed by atoms with Crippen LogP contribution in [0.4, 0.5) is 21.7 Å². The highest BCUT2D eigenvalue weighted by molar-refractivity contribution is 5.54. The van der Waals surface area contributed by atoms with Crippen LogP contribution in [0.1, 0.15) is 18.5 Å². The number of nitro groups is 1. The molecule has 110 valence electrons. The van der Waals surface area contributed by atoms with E-state index in [0.29, 0.717) is 11.4 Å². The molecule has 1 unspecified atom stereocenters. The lowest BCUT2D eigenvalue weighted by Crippen LogP contribution is -2.23. The van der Waals surface area contributed by atoms with Crippen molar-refractivity contribution in [3.8, 4) is 0 Å². The Hall–Kier alpha value is -2.70. The van der Waals surface area contributed by atoms with Gasteiger partial charge in [-0.25, -0.2) is 9.37 Å². The molecular formula is C14H15FN4O2. The summed E-state index contributed by atoms with van der Waals surface area (Å²) in [7, 11) is 1.68. The first-order chi connectivity index (χ1) is 9.90. The molecule has 0 aliphatic carbocycles. The summed E-state index contributed by atoms with van der Waals surface area (Å²) >= 11 is 0. The Morgan fingerprint density at radius 1 is 1.38 bits per heavy atom. The SMILES string of the molecule is CC(c1ccccc1F)N(C)c1cc([N+](=O)[O-])cc(N)n1. The normalized spacial score (nSPS) is 12.0. The molecule has 2 aromatic rings. The maximum atomic E-state index is 13.8. The Morgan fingerprint density at radius 2 is 2.05 bits per heavy atom. The standard InChI is InChI=1S/C14H15FN4O2/c1-9(11-5-3-4-6-12(11)15)18(2)14-8-10(19(20)21)7-13(16)17-14/h3-9H,1-2H3,(H2,16,17). The first-order valence-corrected chi connectivity index (χ1v) is 6.29. The van der Waals surface area contributed by atoms with Gasteiger partial charge in [0, 0.05) is 12.6 Å². The predicted octanol–water partition coefficient (Wildman–Crippen LogP) is 2.91. The number of anilines is 2. The minimum absolute atomic E-state index is 0.0479. The highest BCUT2D eigenvalue weighted by atomic mass is 19.1. The van der Waals surface area contributed by atoms with E-state index in [1.54, 1.807) is 37.1 Å². The maximum absolute atomic E-state index is 13.8. The van der Waals surface area contributed by atoms with Crippen LogP contribution in [0.5, 0.6) is 0 Å². The summed E-state index contributed by atoms with van der Waals surface area (Å²) in [5.41, 5.74) is 5.92. The van der Waals surface area contributed by atoms with Crippen LogP contribution < -0.4 is 10.6 Å². The molecule has 0 radical (unpaired) electrons. The van der Waals surface area contributed by atoms with Crippen molar-refractivity contribution in [3.05, 3.63) is 57.9 Å². The topological polar surface area (TPSA) is 85.3 Å². The number of nitrogens with two attached hydrogens (primary N) is 1. The number of pyridine rings is 1. The molecule has 1 heterocycles. The van der Waals surface area contributed by atoms with Gasteiger partial charge in [0.25, 0.3) is 5.69 Å². The van der Waals surface area contributed by atoms with E-state index in [0.717, 1.165) is 0 Å². The van der Waals surface area contributed by atoms with Crippen LogP contribution in [-0.4, -0.2) is 17.0 Å². The van der Waals surface area contributed by atoms with Crippen molar-refractivity contribution in [2.45, 2.75) is 13.0 Å². The number of hydrogen-bond donors (Lipinski definition) is 1. The molecule has 0 aliphatic rings. The molecule has 6 nitrogen and oxygen atoms in total. The molecule has 2 rings (SSSR count). The number of nitrogens with zero attached hydrogens (tertiary/aromatic N) is 3. The van der Waals surface area contributed by atoms with Crippen molar-refractivity contribution < 1.29 is 9.31 Å². The van der Waals surface area contributed by atoms with Crippen LogP contribution >= 0.6 is 0 Å². The lowest BCUT2D eigenvalue weighted by Gasteiger charge is -2.26. The Balaban J connectivity index is 2.38. The van der Waals surface area contributed by atoms with Crippen LogP contribution in [0.2, 0.25) is 0 Å². The van der Waals surface area contributed by atoms with E-state index < -0.39 is 4.92 Å². The van der Waals surface area contributed by atoms with E-state index in [-0.39, 0.29) is 23.4 Å². The fourth-order valence-corrected chi connectivity index (χ4v) is 2.03. The van der Waals surface area contributed by atoms with E-state index in [2.05, 4.69) is 4.98 Å². The Labute approximate surface area is 121 Å². The zero-order chi connectivity index (χ0) is 15.6. The fourth-order valence-electron chi connectivity index (χ4n) is 2.03. The van der Waals surface area contributed by atoms with Gasteiger partial charge in [0.15, 0.2) is 0 Å².